The molecule has 3 unspecified atom stereocenters. The molecule has 1 saturated carbocycles. The number of benzene rings is 1. The van der Waals surface area contributed by atoms with Gasteiger partial charge in [-0.2, -0.15) is 5.26 Å². The Morgan fingerprint density at radius 3 is 2.71 bits per heavy atom. The standard InChI is InChI=1S/C16H22N2O3/c17-8-12-4-6-15(7-5-12)21-11-14(19)10-18-9-13-2-1-3-16(13)20/h4-7,13-14,16,18-20H,1-3,9-11H2. The average Bonchev–Trinajstić information content (AvgIpc) is 2.91. The molecule has 0 bridgehead atoms. The van der Waals surface area contributed by atoms with Gasteiger partial charge in [-0.3, -0.25) is 0 Å². The third kappa shape index (κ3) is 5.01. The van der Waals surface area contributed by atoms with Gasteiger partial charge in [0.25, 0.3) is 0 Å². The third-order valence-electron chi connectivity index (χ3n) is 3.83. The van der Waals surface area contributed by atoms with Crippen molar-refractivity contribution in [3.8, 4) is 11.8 Å². The van der Waals surface area contributed by atoms with Crippen molar-refractivity contribution in [3.05, 3.63) is 29.8 Å². The van der Waals surface area contributed by atoms with Crippen molar-refractivity contribution in [3.63, 3.8) is 0 Å². The molecule has 2 rings (SSSR count). The molecule has 21 heavy (non-hydrogen) atoms. The van der Waals surface area contributed by atoms with Crippen LogP contribution in [0.25, 0.3) is 0 Å². The summed E-state index contributed by atoms with van der Waals surface area (Å²) in [6.45, 7) is 1.38. The molecule has 1 aromatic rings. The lowest BCUT2D eigenvalue weighted by molar-refractivity contribution is 0.0981. The molecule has 0 aromatic heterocycles. The number of aliphatic hydroxyl groups excluding tert-OH is 2. The Bertz CT molecular complexity index is 469. The predicted molar refractivity (Wildman–Crippen MR) is 78.9 cm³/mol. The maximum absolute atomic E-state index is 9.85. The van der Waals surface area contributed by atoms with Gasteiger partial charge in [0.2, 0.25) is 0 Å². The van der Waals surface area contributed by atoms with Gasteiger partial charge in [0.05, 0.1) is 17.7 Å². The molecule has 0 saturated heterocycles. The lowest BCUT2D eigenvalue weighted by Crippen LogP contribution is -2.35. The molecule has 5 nitrogen and oxygen atoms in total. The van der Waals surface area contributed by atoms with Gasteiger partial charge in [0.15, 0.2) is 0 Å². The molecule has 0 spiro atoms. The second kappa shape index (κ2) is 7.99. The fraction of sp³-hybridized carbons (Fsp3) is 0.562. The summed E-state index contributed by atoms with van der Waals surface area (Å²) in [7, 11) is 0. The highest BCUT2D eigenvalue weighted by molar-refractivity contribution is 5.34. The fourth-order valence-electron chi connectivity index (χ4n) is 2.57. The second-order valence-electron chi connectivity index (χ2n) is 5.52. The number of aliphatic hydroxyl groups is 2. The van der Waals surface area contributed by atoms with Crippen LogP contribution in [-0.4, -0.2) is 42.1 Å². The minimum absolute atomic E-state index is 0.201. The predicted octanol–water partition coefficient (Wildman–Crippen LogP) is 1.05. The summed E-state index contributed by atoms with van der Waals surface area (Å²) in [6.07, 6.45) is 2.21. The molecule has 0 aliphatic heterocycles. The lowest BCUT2D eigenvalue weighted by Gasteiger charge is -2.17. The second-order valence-corrected chi connectivity index (χ2v) is 5.52. The summed E-state index contributed by atoms with van der Waals surface area (Å²) in [6, 6.07) is 8.84. The highest BCUT2D eigenvalue weighted by atomic mass is 16.5. The zero-order valence-corrected chi connectivity index (χ0v) is 12.0. The van der Waals surface area contributed by atoms with Gasteiger partial charge in [-0.25, -0.2) is 0 Å². The van der Waals surface area contributed by atoms with Crippen LogP contribution in [0.1, 0.15) is 24.8 Å². The van der Waals surface area contributed by atoms with E-state index in [2.05, 4.69) is 5.32 Å². The first-order chi connectivity index (χ1) is 10.2. The first-order valence-electron chi connectivity index (χ1n) is 7.39. The number of ether oxygens (including phenoxy) is 1. The van der Waals surface area contributed by atoms with E-state index in [0.717, 1.165) is 25.8 Å². The highest BCUT2D eigenvalue weighted by Crippen LogP contribution is 2.24. The Morgan fingerprint density at radius 1 is 1.33 bits per heavy atom. The summed E-state index contributed by atoms with van der Waals surface area (Å²) in [4.78, 5) is 0. The van der Waals surface area contributed by atoms with Crippen molar-refractivity contribution in [2.45, 2.75) is 31.5 Å². The van der Waals surface area contributed by atoms with Crippen molar-refractivity contribution in [1.29, 1.82) is 5.26 Å². The number of rotatable bonds is 7. The van der Waals surface area contributed by atoms with Crippen LogP contribution in [0.2, 0.25) is 0 Å². The van der Waals surface area contributed by atoms with Crippen LogP contribution >= 0.6 is 0 Å². The quantitative estimate of drug-likeness (QED) is 0.699. The molecule has 1 aliphatic carbocycles. The Balaban J connectivity index is 1.62. The van der Waals surface area contributed by atoms with Gasteiger partial charge in [0.1, 0.15) is 18.5 Å². The molecule has 114 valence electrons. The average molecular weight is 290 g/mol. The van der Waals surface area contributed by atoms with Crippen molar-refractivity contribution < 1.29 is 14.9 Å². The molecule has 1 aliphatic rings. The molecule has 1 aromatic carbocycles. The molecule has 3 N–H and O–H groups in total. The summed E-state index contributed by atoms with van der Waals surface area (Å²) in [5, 5.41) is 31.4. The van der Waals surface area contributed by atoms with E-state index >= 15 is 0 Å². The van der Waals surface area contributed by atoms with Gasteiger partial charge < -0.3 is 20.3 Å². The molecular formula is C16H22N2O3. The van der Waals surface area contributed by atoms with Crippen molar-refractivity contribution in [2.75, 3.05) is 19.7 Å². The van der Waals surface area contributed by atoms with E-state index in [1.165, 1.54) is 0 Å². The number of hydrogen-bond acceptors (Lipinski definition) is 5. The van der Waals surface area contributed by atoms with Crippen LogP contribution in [0, 0.1) is 17.2 Å². The SMILES string of the molecule is N#Cc1ccc(OCC(O)CNCC2CCCC2O)cc1. The molecule has 1 fully saturated rings. The van der Waals surface area contributed by atoms with Gasteiger partial charge in [-0.05, 0) is 43.0 Å². The zero-order valence-electron chi connectivity index (χ0n) is 12.0. The first kappa shape index (κ1) is 15.8. The minimum Gasteiger partial charge on any atom is -0.491 e. The van der Waals surface area contributed by atoms with Crippen LogP contribution in [0.15, 0.2) is 24.3 Å². The van der Waals surface area contributed by atoms with Crippen molar-refractivity contribution in [1.82, 2.24) is 5.32 Å². The van der Waals surface area contributed by atoms with E-state index < -0.39 is 6.10 Å². The summed E-state index contributed by atoms with van der Waals surface area (Å²) in [5.41, 5.74) is 0.583. The fourth-order valence-corrected chi connectivity index (χ4v) is 2.57. The first-order valence-corrected chi connectivity index (χ1v) is 7.39. The Morgan fingerprint density at radius 2 is 2.10 bits per heavy atom. The van der Waals surface area contributed by atoms with Gasteiger partial charge >= 0.3 is 0 Å². The molecule has 0 heterocycles. The van der Waals surface area contributed by atoms with Gasteiger partial charge in [-0.15, -0.1) is 0 Å². The highest BCUT2D eigenvalue weighted by Gasteiger charge is 2.24. The van der Waals surface area contributed by atoms with Crippen molar-refractivity contribution >= 4 is 0 Å². The minimum atomic E-state index is -0.598. The van der Waals surface area contributed by atoms with E-state index in [4.69, 9.17) is 10.00 Å². The van der Waals surface area contributed by atoms with Gasteiger partial charge in [0, 0.05) is 13.1 Å². The monoisotopic (exact) mass is 290 g/mol. The van der Waals surface area contributed by atoms with Crippen LogP contribution in [0.4, 0.5) is 0 Å². The zero-order chi connectivity index (χ0) is 15.1. The van der Waals surface area contributed by atoms with Crippen LogP contribution in [0.3, 0.4) is 0 Å². The molecule has 3 atom stereocenters. The van der Waals surface area contributed by atoms with Crippen molar-refractivity contribution in [2.24, 2.45) is 5.92 Å². The number of nitrogens with one attached hydrogen (secondary N) is 1. The topological polar surface area (TPSA) is 85.5 Å². The van der Waals surface area contributed by atoms with Crippen LogP contribution in [0.5, 0.6) is 5.75 Å². The van der Waals surface area contributed by atoms with E-state index in [1.54, 1.807) is 24.3 Å². The summed E-state index contributed by atoms with van der Waals surface area (Å²) >= 11 is 0. The Labute approximate surface area is 125 Å². The maximum Gasteiger partial charge on any atom is 0.119 e. The maximum atomic E-state index is 9.85. The van der Waals surface area contributed by atoms with E-state index in [9.17, 15) is 10.2 Å². The van der Waals surface area contributed by atoms with Gasteiger partial charge in [-0.1, -0.05) is 6.42 Å². The smallest absolute Gasteiger partial charge is 0.119 e. The summed E-state index contributed by atoms with van der Waals surface area (Å²) in [5.74, 6) is 0.941. The number of nitrogens with zero attached hydrogens (tertiary/aromatic N) is 1. The number of nitriles is 1. The van der Waals surface area contributed by atoms with E-state index in [0.29, 0.717) is 23.8 Å². The van der Waals surface area contributed by atoms with E-state index in [-0.39, 0.29) is 12.7 Å². The summed E-state index contributed by atoms with van der Waals surface area (Å²) < 4.78 is 5.46. The molecular weight excluding hydrogens is 268 g/mol. The molecule has 0 amide bonds. The Kier molecular flexibility index (Phi) is 6.00. The lowest BCUT2D eigenvalue weighted by atomic mass is 10.1. The number of hydrogen-bond donors (Lipinski definition) is 3. The molecule has 5 heteroatoms. The molecule has 0 radical (unpaired) electrons. The van der Waals surface area contributed by atoms with Crippen LogP contribution < -0.4 is 10.1 Å². The van der Waals surface area contributed by atoms with Crippen LogP contribution in [-0.2, 0) is 0 Å². The normalized spacial score (nSPS) is 22.7. The van der Waals surface area contributed by atoms with E-state index in [1.807, 2.05) is 6.07 Å². The largest absolute Gasteiger partial charge is 0.491 e. The Hall–Kier alpha value is -1.61. The third-order valence-corrected chi connectivity index (χ3v) is 3.83.